The van der Waals surface area contributed by atoms with E-state index in [-0.39, 0.29) is 0 Å². The van der Waals surface area contributed by atoms with Gasteiger partial charge in [-0.15, -0.1) is 0 Å². The van der Waals surface area contributed by atoms with Gasteiger partial charge in [0, 0.05) is 23.2 Å². The zero-order valence-electron chi connectivity index (χ0n) is 12.1. The molecule has 2 aromatic carbocycles. The number of aryl methyl sites for hydroxylation is 1. The van der Waals surface area contributed by atoms with Gasteiger partial charge in [0.2, 0.25) is 0 Å². The summed E-state index contributed by atoms with van der Waals surface area (Å²) < 4.78 is 1.06. The van der Waals surface area contributed by atoms with Crippen LogP contribution < -0.4 is 10.6 Å². The minimum Gasteiger partial charge on any atom is -0.398 e. The first-order chi connectivity index (χ1) is 9.61. The van der Waals surface area contributed by atoms with Crippen LogP contribution in [0.5, 0.6) is 0 Å². The van der Waals surface area contributed by atoms with E-state index in [9.17, 15) is 0 Å². The molecule has 0 fully saturated rings. The third-order valence-corrected chi connectivity index (χ3v) is 4.02. The fourth-order valence-electron chi connectivity index (χ4n) is 2.28. The van der Waals surface area contributed by atoms with E-state index in [0.717, 1.165) is 35.2 Å². The number of hydrogen-bond donors (Lipinski definition) is 1. The summed E-state index contributed by atoms with van der Waals surface area (Å²) in [7, 11) is 0. The molecule has 0 amide bonds. The van der Waals surface area contributed by atoms with Crippen molar-refractivity contribution < 1.29 is 0 Å². The summed E-state index contributed by atoms with van der Waals surface area (Å²) in [5.41, 5.74) is 10.5. The second-order valence-corrected chi connectivity index (χ2v) is 5.92. The van der Waals surface area contributed by atoms with Crippen LogP contribution in [0.3, 0.4) is 0 Å². The van der Waals surface area contributed by atoms with Gasteiger partial charge in [0.1, 0.15) is 0 Å². The van der Waals surface area contributed by atoms with Gasteiger partial charge in [-0.1, -0.05) is 37.3 Å². The number of benzene rings is 2. The highest BCUT2D eigenvalue weighted by Gasteiger charge is 2.12. The Bertz CT molecular complexity index is 567. The summed E-state index contributed by atoms with van der Waals surface area (Å²) in [5, 5.41) is 0. The lowest BCUT2D eigenvalue weighted by Crippen LogP contribution is -2.24. The average Bonchev–Trinajstić information content (AvgIpc) is 2.44. The van der Waals surface area contributed by atoms with Crippen molar-refractivity contribution in [1.82, 2.24) is 0 Å². The summed E-state index contributed by atoms with van der Waals surface area (Å²) in [5.74, 6) is 0. The number of rotatable bonds is 5. The summed E-state index contributed by atoms with van der Waals surface area (Å²) in [6.07, 6.45) is 1.11. The number of anilines is 2. The molecule has 0 aromatic heterocycles. The molecule has 0 radical (unpaired) electrons. The normalized spacial score (nSPS) is 10.6. The highest BCUT2D eigenvalue weighted by molar-refractivity contribution is 9.10. The number of nitrogens with two attached hydrogens (primary N) is 1. The Labute approximate surface area is 129 Å². The van der Waals surface area contributed by atoms with Crippen molar-refractivity contribution in [3.05, 3.63) is 58.1 Å². The molecule has 0 aliphatic rings. The van der Waals surface area contributed by atoms with Crippen LogP contribution in [0.15, 0.2) is 46.9 Å². The van der Waals surface area contributed by atoms with Gasteiger partial charge in [0.05, 0.1) is 5.69 Å². The maximum atomic E-state index is 5.97. The van der Waals surface area contributed by atoms with Crippen LogP contribution >= 0.6 is 15.9 Å². The van der Waals surface area contributed by atoms with Crippen LogP contribution in [0.25, 0.3) is 0 Å². The summed E-state index contributed by atoms with van der Waals surface area (Å²) >= 11 is 3.64. The first-order valence-corrected chi connectivity index (χ1v) is 7.75. The van der Waals surface area contributed by atoms with Crippen molar-refractivity contribution in [1.29, 1.82) is 0 Å². The van der Waals surface area contributed by atoms with Gasteiger partial charge in [0.15, 0.2) is 0 Å². The van der Waals surface area contributed by atoms with E-state index in [0.29, 0.717) is 0 Å². The summed E-state index contributed by atoms with van der Waals surface area (Å²) in [4.78, 5) is 2.39. The first kappa shape index (κ1) is 14.9. The van der Waals surface area contributed by atoms with E-state index in [4.69, 9.17) is 5.73 Å². The van der Waals surface area contributed by atoms with Crippen LogP contribution in [0.4, 0.5) is 11.4 Å². The Hall–Kier alpha value is -1.48. The fourth-order valence-corrected chi connectivity index (χ4v) is 2.89. The van der Waals surface area contributed by atoms with E-state index in [1.165, 1.54) is 11.3 Å². The number of nitrogen functional groups attached to an aromatic ring is 1. The van der Waals surface area contributed by atoms with Crippen molar-refractivity contribution in [3.63, 3.8) is 0 Å². The molecule has 0 aliphatic carbocycles. The molecule has 2 rings (SSSR count). The average molecular weight is 333 g/mol. The van der Waals surface area contributed by atoms with E-state index in [2.05, 4.69) is 71.1 Å². The van der Waals surface area contributed by atoms with Gasteiger partial charge in [-0.05, 0) is 52.5 Å². The topological polar surface area (TPSA) is 29.3 Å². The molecule has 3 heteroatoms. The molecule has 106 valence electrons. The van der Waals surface area contributed by atoms with Gasteiger partial charge in [0.25, 0.3) is 0 Å². The molecule has 0 saturated carbocycles. The molecule has 0 aliphatic heterocycles. The lowest BCUT2D eigenvalue weighted by molar-refractivity contribution is 0.765. The molecule has 0 bridgehead atoms. The molecule has 2 nitrogen and oxygen atoms in total. The highest BCUT2D eigenvalue weighted by atomic mass is 79.9. The third-order valence-electron chi connectivity index (χ3n) is 3.39. The molecule has 0 spiro atoms. The Morgan fingerprint density at radius 2 is 1.85 bits per heavy atom. The fraction of sp³-hybridized carbons (Fsp3) is 0.294. The standard InChI is InChI=1S/C17H21BrN2/c1-3-9-20(12-14-7-5-4-6-8-14)17-10-13(2)16(19)11-15(17)18/h4-8,10-11H,3,9,12,19H2,1-2H3. The van der Waals surface area contributed by atoms with Crippen molar-refractivity contribution >= 4 is 27.3 Å². The zero-order chi connectivity index (χ0) is 14.5. The van der Waals surface area contributed by atoms with Gasteiger partial charge < -0.3 is 10.6 Å². The maximum Gasteiger partial charge on any atom is 0.0517 e. The summed E-state index contributed by atoms with van der Waals surface area (Å²) in [6.45, 7) is 6.20. The van der Waals surface area contributed by atoms with Crippen LogP contribution in [0.2, 0.25) is 0 Å². The quantitative estimate of drug-likeness (QED) is 0.800. The second-order valence-electron chi connectivity index (χ2n) is 5.07. The van der Waals surface area contributed by atoms with Gasteiger partial charge in [-0.25, -0.2) is 0 Å². The van der Waals surface area contributed by atoms with Crippen LogP contribution in [-0.2, 0) is 6.54 Å². The Kier molecular flexibility index (Phi) is 5.07. The van der Waals surface area contributed by atoms with E-state index >= 15 is 0 Å². The lowest BCUT2D eigenvalue weighted by atomic mass is 10.1. The largest absolute Gasteiger partial charge is 0.398 e. The monoisotopic (exact) mass is 332 g/mol. The molecule has 20 heavy (non-hydrogen) atoms. The van der Waals surface area contributed by atoms with Crippen LogP contribution in [0.1, 0.15) is 24.5 Å². The summed E-state index contributed by atoms with van der Waals surface area (Å²) in [6, 6.07) is 14.7. The van der Waals surface area contributed by atoms with Crippen molar-refractivity contribution in [3.8, 4) is 0 Å². The van der Waals surface area contributed by atoms with Crippen molar-refractivity contribution in [2.45, 2.75) is 26.8 Å². The predicted molar refractivity (Wildman–Crippen MR) is 91.1 cm³/mol. The minimum absolute atomic E-state index is 0.830. The first-order valence-electron chi connectivity index (χ1n) is 6.96. The predicted octanol–water partition coefficient (Wildman–Crippen LogP) is 4.76. The molecule has 2 N–H and O–H groups in total. The minimum atomic E-state index is 0.830. The molecule has 0 atom stereocenters. The van der Waals surface area contributed by atoms with E-state index in [1.807, 2.05) is 6.07 Å². The highest BCUT2D eigenvalue weighted by Crippen LogP contribution is 2.32. The second kappa shape index (κ2) is 6.80. The van der Waals surface area contributed by atoms with E-state index in [1.54, 1.807) is 0 Å². The molecule has 0 saturated heterocycles. The van der Waals surface area contributed by atoms with Crippen molar-refractivity contribution in [2.24, 2.45) is 0 Å². The lowest BCUT2D eigenvalue weighted by Gasteiger charge is -2.26. The third kappa shape index (κ3) is 3.54. The maximum absolute atomic E-state index is 5.97. The van der Waals surface area contributed by atoms with Gasteiger partial charge in [-0.3, -0.25) is 0 Å². The Morgan fingerprint density at radius 1 is 1.15 bits per heavy atom. The van der Waals surface area contributed by atoms with Crippen LogP contribution in [0, 0.1) is 6.92 Å². The SMILES string of the molecule is CCCN(Cc1ccccc1)c1cc(C)c(N)cc1Br. The number of hydrogen-bond acceptors (Lipinski definition) is 2. The number of halogens is 1. The molecular weight excluding hydrogens is 312 g/mol. The smallest absolute Gasteiger partial charge is 0.0517 e. The number of nitrogens with zero attached hydrogens (tertiary/aromatic N) is 1. The molecule has 0 unspecified atom stereocenters. The zero-order valence-corrected chi connectivity index (χ0v) is 13.7. The Balaban J connectivity index is 2.31. The molecule has 2 aromatic rings. The molecule has 0 heterocycles. The van der Waals surface area contributed by atoms with Crippen molar-refractivity contribution in [2.75, 3.05) is 17.2 Å². The Morgan fingerprint density at radius 3 is 2.50 bits per heavy atom. The van der Waals surface area contributed by atoms with Crippen LogP contribution in [-0.4, -0.2) is 6.54 Å². The molecular formula is C17H21BrN2. The van der Waals surface area contributed by atoms with Gasteiger partial charge in [-0.2, -0.15) is 0 Å². The van der Waals surface area contributed by atoms with Gasteiger partial charge >= 0.3 is 0 Å². The van der Waals surface area contributed by atoms with E-state index < -0.39 is 0 Å².